The van der Waals surface area contributed by atoms with E-state index in [1.54, 1.807) is 23.8 Å². The molecule has 0 radical (unpaired) electrons. The highest BCUT2D eigenvalue weighted by Gasteiger charge is 2.22. The summed E-state index contributed by atoms with van der Waals surface area (Å²) in [5.41, 5.74) is 3.13. The zero-order valence-electron chi connectivity index (χ0n) is 19.7. The van der Waals surface area contributed by atoms with E-state index < -0.39 is 11.6 Å². The molecule has 0 unspecified atom stereocenters. The van der Waals surface area contributed by atoms with E-state index in [9.17, 15) is 9.59 Å². The molecule has 0 fully saturated rings. The van der Waals surface area contributed by atoms with Gasteiger partial charge in [-0.1, -0.05) is 47.9 Å². The number of halogens is 1. The highest BCUT2D eigenvalue weighted by Crippen LogP contribution is 2.22. The molecule has 1 heterocycles. The summed E-state index contributed by atoms with van der Waals surface area (Å²) in [6, 6.07) is 14.5. The van der Waals surface area contributed by atoms with Crippen LogP contribution in [0.1, 0.15) is 63.5 Å². The van der Waals surface area contributed by atoms with Crippen molar-refractivity contribution < 1.29 is 19.4 Å². The first kappa shape index (κ1) is 25.2. The van der Waals surface area contributed by atoms with Gasteiger partial charge in [0.1, 0.15) is 17.0 Å². The minimum Gasteiger partial charge on any atom is -0.478 e. The highest BCUT2D eigenvalue weighted by molar-refractivity contribution is 6.29. The van der Waals surface area contributed by atoms with Gasteiger partial charge in [-0.3, -0.25) is 4.79 Å². The maximum atomic E-state index is 13.4. The predicted octanol–water partition coefficient (Wildman–Crippen LogP) is 5.18. The summed E-state index contributed by atoms with van der Waals surface area (Å²) in [7, 11) is 1.57. The number of aryl methyl sites for hydroxylation is 2. The number of nitrogens with zero attached hydrogens (tertiary/aromatic N) is 2. The molecule has 0 amide bonds. The lowest BCUT2D eigenvalue weighted by Crippen LogP contribution is -2.19. The molecule has 7 heteroatoms. The highest BCUT2D eigenvalue weighted by atomic mass is 35.5. The van der Waals surface area contributed by atoms with Crippen LogP contribution in [-0.2, 0) is 17.7 Å². The molecule has 0 atom stereocenters. The average Bonchev–Trinajstić information content (AvgIpc) is 3.11. The normalized spacial score (nSPS) is 11.1. The second-order valence-electron chi connectivity index (χ2n) is 8.54. The first-order chi connectivity index (χ1) is 16.1. The van der Waals surface area contributed by atoms with Crippen LogP contribution in [0.3, 0.4) is 0 Å². The smallest absolute Gasteiger partial charge is 0.335 e. The van der Waals surface area contributed by atoms with E-state index in [2.05, 4.69) is 16.8 Å². The second kappa shape index (κ2) is 10.7. The molecule has 0 aliphatic heterocycles. The molecule has 3 aromatic rings. The van der Waals surface area contributed by atoms with Crippen molar-refractivity contribution in [3.8, 4) is 11.8 Å². The van der Waals surface area contributed by atoms with Crippen molar-refractivity contribution in [2.45, 2.75) is 45.8 Å². The zero-order valence-corrected chi connectivity index (χ0v) is 20.4. The number of carbonyl (C=O) groups is 2. The van der Waals surface area contributed by atoms with E-state index in [0.717, 1.165) is 16.7 Å². The Kier molecular flexibility index (Phi) is 7.93. The minimum absolute atomic E-state index is 0.145. The number of methoxy groups -OCH3 is 1. The number of rotatable bonds is 8. The van der Waals surface area contributed by atoms with Gasteiger partial charge in [0, 0.05) is 13.5 Å². The monoisotopic (exact) mass is 478 g/mol. The Morgan fingerprint density at radius 1 is 1.15 bits per heavy atom. The molecule has 0 aliphatic carbocycles. The standard InChI is InChI=1S/C27H27ClN2O4/c1-18-6-5-7-20(16-18)17-30-24(22(29-26(30)28)14-15-27(2,3)34-4)23(31)13-10-19-8-11-21(12-9-19)25(32)33/h5-9,11-12,16H,10,13,17H2,1-4H3,(H,32,33). The van der Waals surface area contributed by atoms with Gasteiger partial charge >= 0.3 is 5.97 Å². The van der Waals surface area contributed by atoms with E-state index in [0.29, 0.717) is 24.4 Å². The van der Waals surface area contributed by atoms with Gasteiger partial charge in [0.15, 0.2) is 5.78 Å². The molecule has 0 spiro atoms. The molecular formula is C27H27ClN2O4. The van der Waals surface area contributed by atoms with Crippen molar-refractivity contribution in [2.75, 3.05) is 7.11 Å². The number of carbonyl (C=O) groups excluding carboxylic acids is 1. The van der Waals surface area contributed by atoms with E-state index in [1.165, 1.54) is 12.1 Å². The number of carboxylic acid groups (broad SMARTS) is 1. The molecule has 0 bridgehead atoms. The fourth-order valence-corrected chi connectivity index (χ4v) is 3.61. The predicted molar refractivity (Wildman–Crippen MR) is 132 cm³/mol. The lowest BCUT2D eigenvalue weighted by Gasteiger charge is -2.14. The van der Waals surface area contributed by atoms with Crippen LogP contribution in [-0.4, -0.2) is 39.1 Å². The summed E-state index contributed by atoms with van der Waals surface area (Å²) < 4.78 is 7.06. The van der Waals surface area contributed by atoms with Gasteiger partial charge in [-0.2, -0.15) is 0 Å². The minimum atomic E-state index is -0.987. The zero-order chi connectivity index (χ0) is 24.9. The van der Waals surface area contributed by atoms with Crippen LogP contribution in [0, 0.1) is 18.8 Å². The van der Waals surface area contributed by atoms with Gasteiger partial charge in [0.2, 0.25) is 5.28 Å². The van der Waals surface area contributed by atoms with Crippen molar-refractivity contribution >= 4 is 23.4 Å². The third-order valence-electron chi connectivity index (χ3n) is 5.44. The van der Waals surface area contributed by atoms with Crippen LogP contribution in [0.5, 0.6) is 0 Å². The van der Waals surface area contributed by atoms with Crippen LogP contribution in [0.25, 0.3) is 0 Å². The fourth-order valence-electron chi connectivity index (χ4n) is 3.38. The number of Topliss-reactive ketones (excluding diaryl/α,β-unsaturated/α-hetero) is 1. The number of aromatic nitrogens is 2. The Balaban J connectivity index is 1.94. The maximum Gasteiger partial charge on any atom is 0.335 e. The van der Waals surface area contributed by atoms with Crippen LogP contribution in [0.4, 0.5) is 0 Å². The fraction of sp³-hybridized carbons (Fsp3) is 0.296. The molecule has 34 heavy (non-hydrogen) atoms. The molecule has 0 aliphatic rings. The second-order valence-corrected chi connectivity index (χ2v) is 8.88. The molecule has 6 nitrogen and oxygen atoms in total. The summed E-state index contributed by atoms with van der Waals surface area (Å²) in [4.78, 5) is 28.8. The lowest BCUT2D eigenvalue weighted by atomic mass is 10.0. The quantitative estimate of drug-likeness (QED) is 0.356. The molecule has 1 aromatic heterocycles. The Morgan fingerprint density at radius 3 is 2.47 bits per heavy atom. The van der Waals surface area contributed by atoms with Crippen LogP contribution in [0.2, 0.25) is 5.28 Å². The average molecular weight is 479 g/mol. The number of ketones is 1. The number of ether oxygens (including phenoxy) is 1. The lowest BCUT2D eigenvalue weighted by molar-refractivity contribution is 0.0696. The third kappa shape index (κ3) is 6.34. The SMILES string of the molecule is COC(C)(C)C#Cc1nc(Cl)n(Cc2cccc(C)c2)c1C(=O)CCc1ccc(C(=O)O)cc1. The number of carboxylic acids is 1. The van der Waals surface area contributed by atoms with Crippen LogP contribution < -0.4 is 0 Å². The molecular weight excluding hydrogens is 452 g/mol. The number of hydrogen-bond donors (Lipinski definition) is 1. The number of imidazole rings is 1. The number of hydrogen-bond acceptors (Lipinski definition) is 4. The van der Waals surface area contributed by atoms with Crippen LogP contribution >= 0.6 is 11.6 Å². The first-order valence-corrected chi connectivity index (χ1v) is 11.2. The summed E-state index contributed by atoms with van der Waals surface area (Å²) in [5, 5.41) is 9.26. The van der Waals surface area contributed by atoms with Gasteiger partial charge in [-0.05, 0) is 68.0 Å². The molecule has 176 valence electrons. The molecule has 2 aromatic carbocycles. The van der Waals surface area contributed by atoms with Crippen molar-refractivity contribution in [3.05, 3.63) is 87.5 Å². The Morgan fingerprint density at radius 2 is 1.85 bits per heavy atom. The van der Waals surface area contributed by atoms with Crippen molar-refractivity contribution in [3.63, 3.8) is 0 Å². The Bertz CT molecular complexity index is 1260. The van der Waals surface area contributed by atoms with Crippen LogP contribution in [0.15, 0.2) is 48.5 Å². The number of benzene rings is 2. The van der Waals surface area contributed by atoms with Gasteiger partial charge in [-0.15, -0.1) is 0 Å². The molecule has 0 saturated carbocycles. The van der Waals surface area contributed by atoms with E-state index in [-0.39, 0.29) is 23.1 Å². The van der Waals surface area contributed by atoms with E-state index in [4.69, 9.17) is 21.4 Å². The third-order valence-corrected chi connectivity index (χ3v) is 5.73. The van der Waals surface area contributed by atoms with Gasteiger partial charge < -0.3 is 14.4 Å². The topological polar surface area (TPSA) is 81.4 Å². The molecule has 3 rings (SSSR count). The van der Waals surface area contributed by atoms with Crippen molar-refractivity contribution in [2.24, 2.45) is 0 Å². The largest absolute Gasteiger partial charge is 0.478 e. The number of aromatic carboxylic acids is 1. The molecule has 1 N–H and O–H groups in total. The summed E-state index contributed by atoms with van der Waals surface area (Å²) >= 11 is 6.48. The molecule has 0 saturated heterocycles. The van der Waals surface area contributed by atoms with Crippen molar-refractivity contribution in [1.82, 2.24) is 9.55 Å². The Hall–Kier alpha value is -3.40. The van der Waals surface area contributed by atoms with Gasteiger partial charge in [0.05, 0.1) is 12.1 Å². The summed E-state index contributed by atoms with van der Waals surface area (Å²) in [6.07, 6.45) is 0.646. The summed E-state index contributed by atoms with van der Waals surface area (Å²) in [6.45, 7) is 6.04. The Labute approximate surface area is 204 Å². The maximum absolute atomic E-state index is 13.4. The van der Waals surface area contributed by atoms with Gasteiger partial charge in [0.25, 0.3) is 0 Å². The van der Waals surface area contributed by atoms with E-state index in [1.807, 2.05) is 45.0 Å². The first-order valence-electron chi connectivity index (χ1n) is 10.8. The van der Waals surface area contributed by atoms with E-state index >= 15 is 0 Å². The van der Waals surface area contributed by atoms with Gasteiger partial charge in [-0.25, -0.2) is 9.78 Å². The van der Waals surface area contributed by atoms with Crippen molar-refractivity contribution in [1.29, 1.82) is 0 Å². The summed E-state index contributed by atoms with van der Waals surface area (Å²) in [5.74, 6) is 4.86.